The summed E-state index contributed by atoms with van der Waals surface area (Å²) in [5.41, 5.74) is 27.2. The lowest BCUT2D eigenvalue weighted by molar-refractivity contribution is 1.24. The van der Waals surface area contributed by atoms with E-state index in [1.165, 1.54) is 137 Å². The predicted octanol–water partition coefficient (Wildman–Crippen LogP) is 22.5. The number of fused-ring (bicyclic) bond motifs is 12. The van der Waals surface area contributed by atoms with Crippen molar-refractivity contribution in [1.29, 1.82) is 0 Å². The highest BCUT2D eigenvalue weighted by Crippen LogP contribution is 2.53. The Morgan fingerprint density at radius 2 is 0.576 bits per heavy atom. The summed E-state index contributed by atoms with van der Waals surface area (Å²) in [5.74, 6) is 0. The second-order valence-electron chi connectivity index (χ2n) is 23.0. The SMILES string of the molecule is Cc1ccc(-c2ccccc2)cc1N(c1cccc(-c2ccccc2)c1)c1ccc2c3cc4c(cc3n3c5ccccc5c1c23)c1ccc(N(c2cc(-c3ccccc3)ccc2C)c2cc(-c3ccccc3)ccc2C)c2c3ccccc3n4c12. The number of hydrogen-bond donors (Lipinski definition) is 0. The second kappa shape index (κ2) is 19.1. The van der Waals surface area contributed by atoms with E-state index >= 15 is 0 Å². The van der Waals surface area contributed by atoms with Gasteiger partial charge in [-0.1, -0.05) is 218 Å². The molecular weight excluding hydrogens is 1030 g/mol. The van der Waals surface area contributed by atoms with E-state index in [0.29, 0.717) is 0 Å². The second-order valence-corrected chi connectivity index (χ2v) is 23.0. The zero-order chi connectivity index (χ0) is 56.4. The maximum absolute atomic E-state index is 2.57. The highest BCUT2D eigenvalue weighted by Gasteiger charge is 2.30. The first-order chi connectivity index (χ1) is 41.9. The Labute approximate surface area is 493 Å². The van der Waals surface area contributed by atoms with Crippen LogP contribution < -0.4 is 9.80 Å². The first kappa shape index (κ1) is 48.7. The molecule has 0 atom stereocenters. The lowest BCUT2D eigenvalue weighted by Crippen LogP contribution is -2.13. The molecule has 0 fully saturated rings. The Bertz CT molecular complexity index is 5360. The summed E-state index contributed by atoms with van der Waals surface area (Å²) < 4.78 is 5.13. The average Bonchev–Trinajstić information content (AvgIpc) is 1.55. The van der Waals surface area contributed by atoms with Crippen LogP contribution in [-0.2, 0) is 0 Å². The molecule has 0 unspecified atom stereocenters. The van der Waals surface area contributed by atoms with Crippen LogP contribution in [-0.4, -0.2) is 8.80 Å². The number of aryl methyl sites for hydroxylation is 3. The molecule has 0 radical (unpaired) electrons. The van der Waals surface area contributed by atoms with E-state index in [4.69, 9.17) is 0 Å². The Morgan fingerprint density at radius 3 is 1.00 bits per heavy atom. The molecule has 17 rings (SSSR count). The summed E-state index contributed by atoms with van der Waals surface area (Å²) in [6, 6.07) is 106. The topological polar surface area (TPSA) is 15.3 Å². The summed E-state index contributed by atoms with van der Waals surface area (Å²) in [6.45, 7) is 6.76. The molecule has 0 aliphatic rings. The van der Waals surface area contributed by atoms with Crippen LogP contribution in [0.1, 0.15) is 16.7 Å². The molecular formula is C81H56N4. The van der Waals surface area contributed by atoms with Crippen LogP contribution >= 0.6 is 0 Å². The van der Waals surface area contributed by atoms with Gasteiger partial charge in [0.1, 0.15) is 0 Å². The maximum atomic E-state index is 2.57. The number of aromatic nitrogens is 2. The van der Waals surface area contributed by atoms with E-state index in [1.807, 2.05) is 0 Å². The molecule has 4 heterocycles. The summed E-state index contributed by atoms with van der Waals surface area (Å²) in [7, 11) is 0. The largest absolute Gasteiger partial charge is 0.309 e. The smallest absolute Gasteiger partial charge is 0.0641 e. The van der Waals surface area contributed by atoms with E-state index in [2.05, 4.69) is 324 Å². The van der Waals surface area contributed by atoms with Crippen LogP contribution in [0.3, 0.4) is 0 Å². The van der Waals surface area contributed by atoms with Gasteiger partial charge in [0.05, 0.1) is 44.5 Å². The number of para-hydroxylation sites is 2. The Balaban J connectivity index is 0.924. The minimum Gasteiger partial charge on any atom is -0.309 e. The first-order valence-electron chi connectivity index (χ1n) is 29.5. The van der Waals surface area contributed by atoms with Gasteiger partial charge in [-0.15, -0.1) is 0 Å². The lowest BCUT2D eigenvalue weighted by Gasteiger charge is -2.30. The highest BCUT2D eigenvalue weighted by atomic mass is 15.2. The van der Waals surface area contributed by atoms with E-state index in [1.54, 1.807) is 0 Å². The van der Waals surface area contributed by atoms with Crippen molar-refractivity contribution >= 4 is 110 Å². The minimum atomic E-state index is 1.10. The van der Waals surface area contributed by atoms with Crippen LogP contribution in [0.15, 0.2) is 285 Å². The van der Waals surface area contributed by atoms with Crippen LogP contribution in [0, 0.1) is 20.8 Å². The maximum Gasteiger partial charge on any atom is 0.0641 e. The Hall–Kier alpha value is -10.9. The molecule has 13 aromatic carbocycles. The third-order valence-electron chi connectivity index (χ3n) is 18.1. The monoisotopic (exact) mass is 1080 g/mol. The number of anilines is 6. The normalized spacial score (nSPS) is 11.9. The Kier molecular flexibility index (Phi) is 10.9. The standard InChI is InChI=1S/C81H56N4/c1-51-35-38-59(55-23-10-5-11-24-55)46-73(51)82(62-30-20-29-58(45-62)54-21-8-4-9-22-54)71-43-41-63-67-49-77-68(50-76(67)84-69-33-18-16-31-65(69)78(71)80(63)84)64-42-44-72(79-66-32-17-19-34-70(66)85(77)81(64)79)83(74-47-60(39-36-52(74)2)56-25-12-6-13-26-56)75-48-61(40-37-53(75)3)57-27-14-7-15-28-57/h4-50H,1-3H3. The van der Waals surface area contributed by atoms with Crippen molar-refractivity contribution in [1.82, 2.24) is 8.80 Å². The third-order valence-corrected chi connectivity index (χ3v) is 18.1. The predicted molar refractivity (Wildman–Crippen MR) is 361 cm³/mol. The van der Waals surface area contributed by atoms with Gasteiger partial charge in [-0.05, 0) is 149 Å². The van der Waals surface area contributed by atoms with Crippen molar-refractivity contribution in [3.8, 4) is 44.5 Å². The fourth-order valence-electron chi connectivity index (χ4n) is 14.1. The van der Waals surface area contributed by atoms with Crippen molar-refractivity contribution in [3.63, 3.8) is 0 Å². The molecule has 400 valence electrons. The quantitative estimate of drug-likeness (QED) is 0.136. The van der Waals surface area contributed by atoms with Crippen molar-refractivity contribution in [2.24, 2.45) is 0 Å². The van der Waals surface area contributed by atoms with Crippen LogP contribution in [0.25, 0.3) is 121 Å². The van der Waals surface area contributed by atoms with Gasteiger partial charge in [-0.25, -0.2) is 0 Å². The van der Waals surface area contributed by atoms with Crippen molar-refractivity contribution < 1.29 is 0 Å². The van der Waals surface area contributed by atoms with Gasteiger partial charge in [0, 0.05) is 65.8 Å². The fourth-order valence-corrected chi connectivity index (χ4v) is 14.1. The molecule has 0 saturated heterocycles. The van der Waals surface area contributed by atoms with Crippen LogP contribution in [0.2, 0.25) is 0 Å². The fraction of sp³-hybridized carbons (Fsp3) is 0.0370. The van der Waals surface area contributed by atoms with Crippen molar-refractivity contribution in [3.05, 3.63) is 302 Å². The summed E-state index contributed by atoms with van der Waals surface area (Å²) in [5, 5.41) is 9.86. The van der Waals surface area contributed by atoms with Gasteiger partial charge >= 0.3 is 0 Å². The average molecular weight is 1090 g/mol. The molecule has 0 amide bonds. The van der Waals surface area contributed by atoms with Gasteiger partial charge in [0.15, 0.2) is 0 Å². The first-order valence-corrected chi connectivity index (χ1v) is 29.5. The molecule has 17 aromatic rings. The highest BCUT2D eigenvalue weighted by molar-refractivity contribution is 6.32. The molecule has 4 aromatic heterocycles. The number of benzene rings is 13. The zero-order valence-corrected chi connectivity index (χ0v) is 47.4. The third kappa shape index (κ3) is 7.48. The molecule has 0 spiro atoms. The summed E-state index contributed by atoms with van der Waals surface area (Å²) in [6.07, 6.45) is 0. The van der Waals surface area contributed by atoms with Gasteiger partial charge < -0.3 is 18.6 Å². The molecule has 0 N–H and O–H groups in total. The number of nitrogens with zero attached hydrogens (tertiary/aromatic N) is 4. The molecule has 0 aliphatic heterocycles. The van der Waals surface area contributed by atoms with Gasteiger partial charge in [0.2, 0.25) is 0 Å². The van der Waals surface area contributed by atoms with Gasteiger partial charge in [0.25, 0.3) is 0 Å². The van der Waals surface area contributed by atoms with E-state index in [-0.39, 0.29) is 0 Å². The Morgan fingerprint density at radius 1 is 0.224 bits per heavy atom. The van der Waals surface area contributed by atoms with E-state index in [9.17, 15) is 0 Å². The van der Waals surface area contributed by atoms with Gasteiger partial charge in [-0.2, -0.15) is 0 Å². The molecule has 0 bridgehead atoms. The van der Waals surface area contributed by atoms with Crippen LogP contribution in [0.4, 0.5) is 34.1 Å². The minimum absolute atomic E-state index is 1.10. The molecule has 85 heavy (non-hydrogen) atoms. The van der Waals surface area contributed by atoms with Crippen LogP contribution in [0.5, 0.6) is 0 Å². The summed E-state index contributed by atoms with van der Waals surface area (Å²) in [4.78, 5) is 5.07. The summed E-state index contributed by atoms with van der Waals surface area (Å²) >= 11 is 0. The number of hydrogen-bond acceptors (Lipinski definition) is 2. The van der Waals surface area contributed by atoms with E-state index < -0.39 is 0 Å². The van der Waals surface area contributed by atoms with Gasteiger partial charge in [-0.3, -0.25) is 0 Å². The van der Waals surface area contributed by atoms with E-state index in [0.717, 1.165) is 34.1 Å². The number of rotatable bonds is 10. The molecule has 4 heteroatoms. The lowest BCUT2D eigenvalue weighted by atomic mass is 9.97. The molecule has 0 aliphatic carbocycles. The molecule has 0 saturated carbocycles. The molecule has 4 nitrogen and oxygen atoms in total. The van der Waals surface area contributed by atoms with Crippen molar-refractivity contribution in [2.75, 3.05) is 9.80 Å². The zero-order valence-electron chi connectivity index (χ0n) is 47.4. The van der Waals surface area contributed by atoms with Crippen molar-refractivity contribution in [2.45, 2.75) is 20.8 Å².